The lowest BCUT2D eigenvalue weighted by molar-refractivity contribution is -0.142. The average Bonchev–Trinajstić information content (AvgIpc) is 3.16. The molecule has 1 aromatic carbocycles. The van der Waals surface area contributed by atoms with E-state index in [9.17, 15) is 14.4 Å². The van der Waals surface area contributed by atoms with Gasteiger partial charge in [0.25, 0.3) is 0 Å². The highest BCUT2D eigenvalue weighted by Crippen LogP contribution is 2.19. The maximum Gasteiger partial charge on any atom is 0.328 e. The van der Waals surface area contributed by atoms with Gasteiger partial charge in [-0.3, -0.25) is 4.79 Å². The summed E-state index contributed by atoms with van der Waals surface area (Å²) in [5.41, 5.74) is 2.35. The van der Waals surface area contributed by atoms with Gasteiger partial charge < -0.3 is 24.8 Å². The minimum Gasteiger partial charge on any atom is -0.467 e. The number of H-pyrrole nitrogens is 1. The van der Waals surface area contributed by atoms with Crippen LogP contribution < -0.4 is 5.32 Å². The van der Waals surface area contributed by atoms with Crippen LogP contribution in [0.5, 0.6) is 0 Å². The molecular weight excluding hydrogens is 372 g/mol. The first-order chi connectivity index (χ1) is 14.0. The molecule has 29 heavy (non-hydrogen) atoms. The second-order valence-corrected chi connectivity index (χ2v) is 7.28. The van der Waals surface area contributed by atoms with E-state index in [4.69, 9.17) is 0 Å². The summed E-state index contributed by atoms with van der Waals surface area (Å²) in [6.45, 7) is 3.50. The van der Waals surface area contributed by atoms with Gasteiger partial charge in [-0.1, -0.05) is 18.2 Å². The third-order valence-corrected chi connectivity index (χ3v) is 5.33. The summed E-state index contributed by atoms with van der Waals surface area (Å²) < 4.78 is 4.61. The van der Waals surface area contributed by atoms with Crippen LogP contribution in [0.15, 0.2) is 30.5 Å². The minimum atomic E-state index is -0.698. The predicted molar refractivity (Wildman–Crippen MR) is 109 cm³/mol. The molecule has 0 aliphatic carbocycles. The van der Waals surface area contributed by atoms with Crippen molar-refractivity contribution in [1.29, 1.82) is 0 Å². The Labute approximate surface area is 170 Å². The van der Waals surface area contributed by atoms with Crippen LogP contribution in [0.3, 0.4) is 0 Å². The molecule has 1 aliphatic heterocycles. The second kappa shape index (κ2) is 9.45. The van der Waals surface area contributed by atoms with E-state index in [1.807, 2.05) is 29.3 Å². The van der Waals surface area contributed by atoms with E-state index < -0.39 is 12.0 Å². The highest BCUT2D eigenvalue weighted by Gasteiger charge is 2.26. The normalized spacial score (nSPS) is 15.2. The van der Waals surface area contributed by atoms with Crippen LogP contribution in [0.2, 0.25) is 0 Å². The van der Waals surface area contributed by atoms with E-state index >= 15 is 0 Å². The van der Waals surface area contributed by atoms with Gasteiger partial charge in [0, 0.05) is 49.7 Å². The van der Waals surface area contributed by atoms with Crippen molar-refractivity contribution >= 4 is 28.8 Å². The number of nitrogens with one attached hydrogen (secondary N) is 2. The lowest BCUT2D eigenvalue weighted by Gasteiger charge is -2.35. The number of carbonyl (C=O) groups is 3. The van der Waals surface area contributed by atoms with Gasteiger partial charge in [0.15, 0.2) is 0 Å². The molecule has 3 amide bonds. The fourth-order valence-electron chi connectivity index (χ4n) is 3.60. The molecular formula is C21H28N4O4. The molecule has 156 valence electrons. The number of urea groups is 1. The number of benzene rings is 1. The Morgan fingerprint density at radius 1 is 1.14 bits per heavy atom. The third-order valence-electron chi connectivity index (χ3n) is 5.33. The fourth-order valence-corrected chi connectivity index (χ4v) is 3.60. The first-order valence-corrected chi connectivity index (χ1v) is 9.95. The molecule has 0 spiro atoms. The van der Waals surface area contributed by atoms with Crippen molar-refractivity contribution in [2.75, 3.05) is 33.3 Å². The number of aromatic nitrogens is 1. The number of fused-ring (bicyclic) bond motifs is 1. The molecule has 0 saturated carbocycles. The van der Waals surface area contributed by atoms with Gasteiger partial charge in [-0.2, -0.15) is 0 Å². The van der Waals surface area contributed by atoms with Crippen LogP contribution in [0, 0.1) is 0 Å². The highest BCUT2D eigenvalue weighted by molar-refractivity contribution is 5.84. The molecule has 8 heteroatoms. The predicted octanol–water partition coefficient (Wildman–Crippen LogP) is 1.91. The smallest absolute Gasteiger partial charge is 0.328 e. The summed E-state index contributed by atoms with van der Waals surface area (Å²) in [6.07, 6.45) is 4.15. The van der Waals surface area contributed by atoms with E-state index in [0.717, 1.165) is 18.4 Å². The summed E-state index contributed by atoms with van der Waals surface area (Å²) in [4.78, 5) is 42.8. The first-order valence-electron chi connectivity index (χ1n) is 9.95. The number of nitrogens with zero attached hydrogens (tertiary/aromatic N) is 2. The molecule has 0 unspecified atom stereocenters. The zero-order chi connectivity index (χ0) is 20.8. The number of amides is 3. The average molecular weight is 400 g/mol. The van der Waals surface area contributed by atoms with Crippen LogP contribution >= 0.6 is 0 Å². The Morgan fingerprint density at radius 2 is 1.83 bits per heavy atom. The first kappa shape index (κ1) is 20.7. The fraction of sp³-hybridized carbons (Fsp3) is 0.476. The third kappa shape index (κ3) is 5.07. The second-order valence-electron chi connectivity index (χ2n) is 7.28. The Balaban J connectivity index is 1.41. The monoisotopic (exact) mass is 400 g/mol. The van der Waals surface area contributed by atoms with Gasteiger partial charge in [-0.05, 0) is 31.4 Å². The standard InChI is InChI=1S/C21H28N4O4/c1-15(20(27)29-2)23-21(28)25-12-10-24(11-13-25)19(26)9-5-6-16-14-22-18-8-4-3-7-17(16)18/h3-4,7-8,14-15,22H,5-6,9-13H2,1-2H3,(H,23,28)/t15-/m1/s1. The van der Waals surface area contributed by atoms with Crippen molar-refractivity contribution in [3.63, 3.8) is 0 Å². The molecule has 1 saturated heterocycles. The van der Waals surface area contributed by atoms with Crippen LogP contribution in [0.25, 0.3) is 10.9 Å². The topological polar surface area (TPSA) is 94.7 Å². The van der Waals surface area contributed by atoms with Gasteiger partial charge in [0.05, 0.1) is 7.11 Å². The number of hydrogen-bond acceptors (Lipinski definition) is 4. The number of rotatable bonds is 6. The maximum absolute atomic E-state index is 12.5. The number of piperazine rings is 1. The Morgan fingerprint density at radius 3 is 2.55 bits per heavy atom. The number of ether oxygens (including phenoxy) is 1. The molecule has 1 atom stereocenters. The van der Waals surface area contributed by atoms with Gasteiger partial charge in [0.1, 0.15) is 6.04 Å². The van der Waals surface area contributed by atoms with Gasteiger partial charge in [-0.15, -0.1) is 0 Å². The molecule has 0 radical (unpaired) electrons. The maximum atomic E-state index is 12.5. The number of carbonyl (C=O) groups excluding carboxylic acids is 3. The van der Waals surface area contributed by atoms with E-state index in [2.05, 4.69) is 21.1 Å². The molecule has 3 rings (SSSR count). The summed E-state index contributed by atoms with van der Waals surface area (Å²) in [5, 5.41) is 3.82. The molecule has 8 nitrogen and oxygen atoms in total. The van der Waals surface area contributed by atoms with E-state index in [0.29, 0.717) is 32.6 Å². The minimum absolute atomic E-state index is 0.118. The number of methoxy groups -OCH3 is 1. The summed E-state index contributed by atoms with van der Waals surface area (Å²) in [5.74, 6) is -0.366. The number of aryl methyl sites for hydroxylation is 1. The van der Waals surface area contributed by atoms with Crippen LogP contribution in [0.1, 0.15) is 25.3 Å². The summed E-state index contributed by atoms with van der Waals surface area (Å²) >= 11 is 0. The SMILES string of the molecule is COC(=O)[C@@H](C)NC(=O)N1CCN(C(=O)CCCc2c[nH]c3ccccc23)CC1. The van der Waals surface area contributed by atoms with Crippen LogP contribution in [0.4, 0.5) is 4.79 Å². The zero-order valence-corrected chi connectivity index (χ0v) is 16.9. The molecule has 1 fully saturated rings. The molecule has 2 aromatic rings. The van der Waals surface area contributed by atoms with Crippen molar-refractivity contribution in [2.24, 2.45) is 0 Å². The van der Waals surface area contributed by atoms with Crippen molar-refractivity contribution in [1.82, 2.24) is 20.1 Å². The van der Waals surface area contributed by atoms with Gasteiger partial charge >= 0.3 is 12.0 Å². The number of para-hydroxylation sites is 1. The molecule has 2 N–H and O–H groups in total. The van der Waals surface area contributed by atoms with E-state index in [-0.39, 0.29) is 11.9 Å². The molecule has 1 aromatic heterocycles. The van der Waals surface area contributed by atoms with Crippen molar-refractivity contribution < 1.29 is 19.1 Å². The Hall–Kier alpha value is -3.03. The number of esters is 1. The molecule has 2 heterocycles. The summed E-state index contributed by atoms with van der Waals surface area (Å²) in [6, 6.07) is 7.15. The zero-order valence-electron chi connectivity index (χ0n) is 16.9. The van der Waals surface area contributed by atoms with Crippen molar-refractivity contribution in [2.45, 2.75) is 32.2 Å². The Kier molecular flexibility index (Phi) is 6.74. The van der Waals surface area contributed by atoms with Crippen molar-refractivity contribution in [3.8, 4) is 0 Å². The van der Waals surface area contributed by atoms with Gasteiger partial charge in [0.2, 0.25) is 5.91 Å². The lowest BCUT2D eigenvalue weighted by Crippen LogP contribution is -2.55. The van der Waals surface area contributed by atoms with E-state index in [1.165, 1.54) is 18.1 Å². The largest absolute Gasteiger partial charge is 0.467 e. The van der Waals surface area contributed by atoms with Crippen LogP contribution in [-0.2, 0) is 20.7 Å². The van der Waals surface area contributed by atoms with Crippen LogP contribution in [-0.4, -0.2) is 72.0 Å². The lowest BCUT2D eigenvalue weighted by atomic mass is 10.1. The molecule has 0 bridgehead atoms. The quantitative estimate of drug-likeness (QED) is 0.724. The Bertz CT molecular complexity index is 870. The van der Waals surface area contributed by atoms with Crippen molar-refractivity contribution in [3.05, 3.63) is 36.0 Å². The highest BCUT2D eigenvalue weighted by atomic mass is 16.5. The summed E-state index contributed by atoms with van der Waals surface area (Å²) in [7, 11) is 1.29. The van der Waals surface area contributed by atoms with Gasteiger partial charge in [-0.25, -0.2) is 9.59 Å². The number of aromatic amines is 1. The molecule has 1 aliphatic rings. The van der Waals surface area contributed by atoms with E-state index in [1.54, 1.807) is 11.8 Å². The number of hydrogen-bond donors (Lipinski definition) is 2.